The molecule has 4 nitrogen and oxygen atoms in total. The van der Waals surface area contributed by atoms with E-state index in [2.05, 4.69) is 302 Å². The van der Waals surface area contributed by atoms with Gasteiger partial charge in [-0.05, 0) is 159 Å². The van der Waals surface area contributed by atoms with Crippen molar-refractivity contribution in [3.8, 4) is 55.9 Å². The number of fused-ring (bicyclic) bond motifs is 9. The van der Waals surface area contributed by atoms with Crippen molar-refractivity contribution in [1.82, 2.24) is 9.13 Å². The average molecular weight is 963 g/mol. The van der Waals surface area contributed by atoms with Gasteiger partial charge < -0.3 is 18.9 Å². The molecule has 1 aliphatic carbocycles. The predicted octanol–water partition coefficient (Wildman–Crippen LogP) is 18.7. The molecule has 4 heteroatoms. The van der Waals surface area contributed by atoms with E-state index in [1.807, 2.05) is 0 Å². The maximum atomic E-state index is 2.48. The van der Waals surface area contributed by atoms with E-state index in [1.54, 1.807) is 0 Å². The third-order valence-corrected chi connectivity index (χ3v) is 16.1. The Hall–Kier alpha value is -9.38. The Labute approximate surface area is 438 Å². The third kappa shape index (κ3) is 7.28. The molecule has 0 spiro atoms. The fraction of sp³-hybridized carbons (Fsp3) is 0.0704. The van der Waals surface area contributed by atoms with E-state index in [0.29, 0.717) is 0 Å². The number of nitrogens with zero attached hydrogens (tertiary/aromatic N) is 4. The maximum Gasteiger partial charge on any atom is 0.0561 e. The molecule has 75 heavy (non-hydrogen) atoms. The minimum absolute atomic E-state index is 0.203. The largest absolute Gasteiger partial charge is 0.345 e. The van der Waals surface area contributed by atoms with Gasteiger partial charge >= 0.3 is 0 Å². The monoisotopic (exact) mass is 962 g/mol. The summed E-state index contributed by atoms with van der Waals surface area (Å²) in [4.78, 5) is 4.55. The fourth-order valence-corrected chi connectivity index (χ4v) is 12.1. The molecule has 0 fully saturated rings. The van der Waals surface area contributed by atoms with E-state index in [1.165, 1.54) is 99.4 Å². The summed E-state index contributed by atoms with van der Waals surface area (Å²) in [5, 5.41) is 4.94. The first kappa shape index (κ1) is 44.3. The minimum atomic E-state index is -0.203. The van der Waals surface area contributed by atoms with E-state index in [4.69, 9.17) is 0 Å². The molecule has 0 unspecified atom stereocenters. The van der Waals surface area contributed by atoms with Crippen molar-refractivity contribution in [2.75, 3.05) is 23.9 Å². The number of benzene rings is 11. The fourth-order valence-electron chi connectivity index (χ4n) is 12.1. The Bertz CT molecular complexity index is 4280. The molecule has 0 atom stereocenters. The first-order chi connectivity index (χ1) is 36.8. The molecule has 2 aromatic heterocycles. The highest BCUT2D eigenvalue weighted by Crippen LogP contribution is 2.51. The number of para-hydroxylation sites is 3. The second kappa shape index (κ2) is 17.4. The molecule has 1 aliphatic rings. The van der Waals surface area contributed by atoms with E-state index < -0.39 is 0 Å². The Morgan fingerprint density at radius 1 is 0.280 bits per heavy atom. The molecule has 0 saturated heterocycles. The molecule has 11 aromatic carbocycles. The summed E-state index contributed by atoms with van der Waals surface area (Å²) in [6.45, 7) is 4.78. The normalized spacial score (nSPS) is 12.6. The van der Waals surface area contributed by atoms with E-state index >= 15 is 0 Å². The molecule has 0 radical (unpaired) electrons. The summed E-state index contributed by atoms with van der Waals surface area (Å²) in [7, 11) is 4.31. The van der Waals surface area contributed by atoms with Gasteiger partial charge in [-0.2, -0.15) is 0 Å². The van der Waals surface area contributed by atoms with Crippen LogP contribution in [0.15, 0.2) is 255 Å². The van der Waals surface area contributed by atoms with Crippen molar-refractivity contribution in [2.24, 2.45) is 0 Å². The van der Waals surface area contributed by atoms with Gasteiger partial charge in [0.2, 0.25) is 0 Å². The summed E-state index contributed by atoms with van der Waals surface area (Å²) < 4.78 is 4.95. The van der Waals surface area contributed by atoms with Crippen molar-refractivity contribution in [2.45, 2.75) is 19.3 Å². The van der Waals surface area contributed by atoms with Crippen LogP contribution in [0.2, 0.25) is 0 Å². The van der Waals surface area contributed by atoms with Crippen LogP contribution in [0.25, 0.3) is 99.5 Å². The van der Waals surface area contributed by atoms with Crippen molar-refractivity contribution in [3.63, 3.8) is 0 Å². The molecule has 0 aliphatic heterocycles. The number of hydrogen-bond donors (Lipinski definition) is 0. The maximum absolute atomic E-state index is 2.48. The van der Waals surface area contributed by atoms with Crippen molar-refractivity contribution in [3.05, 3.63) is 266 Å². The van der Waals surface area contributed by atoms with Crippen LogP contribution in [-0.4, -0.2) is 23.2 Å². The Morgan fingerprint density at radius 3 is 1.39 bits per heavy atom. The predicted molar refractivity (Wildman–Crippen MR) is 318 cm³/mol. The SMILES string of the molecule is CN(c1ccccc1)c1ccc2c3ccccc3n(-c3ccc4c(c3)C(C)(C)c3ccc(-c5ccc6c(c5)c5ccc(N(C)c7ccccc7)cc5n6-c5cc(-c6ccccc6)cc(-c6ccccc6)c5)cc3-4)c2c1. The lowest BCUT2D eigenvalue weighted by Gasteiger charge is -2.23. The first-order valence-electron chi connectivity index (χ1n) is 26.0. The van der Waals surface area contributed by atoms with E-state index in [9.17, 15) is 0 Å². The highest BCUT2D eigenvalue weighted by Gasteiger charge is 2.36. The van der Waals surface area contributed by atoms with Crippen LogP contribution in [0.3, 0.4) is 0 Å². The Balaban J connectivity index is 0.903. The zero-order valence-electron chi connectivity index (χ0n) is 42.5. The molecule has 14 rings (SSSR count). The smallest absolute Gasteiger partial charge is 0.0561 e. The van der Waals surface area contributed by atoms with Crippen LogP contribution in [0.4, 0.5) is 22.7 Å². The van der Waals surface area contributed by atoms with Crippen molar-refractivity contribution in [1.29, 1.82) is 0 Å². The first-order valence-corrected chi connectivity index (χ1v) is 26.0. The van der Waals surface area contributed by atoms with Crippen molar-refractivity contribution < 1.29 is 0 Å². The summed E-state index contributed by atoms with van der Waals surface area (Å²) in [5.41, 5.74) is 23.9. The average Bonchev–Trinajstić information content (AvgIpc) is 4.14. The number of rotatable bonds is 9. The molecule has 358 valence electrons. The van der Waals surface area contributed by atoms with Crippen LogP contribution in [0.1, 0.15) is 25.0 Å². The van der Waals surface area contributed by atoms with E-state index in [-0.39, 0.29) is 5.41 Å². The standard InChI is InChI=1S/C71H54N4/c1-71(2)65-37-29-49(42-63(65)59-34-33-57(44-66(59)71)74-67-28-18-17-27-60(67)61-35-31-55(45-69(61)74)72(3)53-23-13-7-14-24-53)50-30-38-68-64(43-50)62-36-32-56(73(4)54-25-15-8-16-26-54)46-70(62)75(68)58-40-51(47-19-9-5-10-20-47)39-52(41-58)48-21-11-6-12-22-48/h5-46H,1-4H3. The zero-order valence-corrected chi connectivity index (χ0v) is 42.5. The van der Waals surface area contributed by atoms with Gasteiger partial charge in [-0.1, -0.05) is 166 Å². The van der Waals surface area contributed by atoms with Gasteiger partial charge in [0.25, 0.3) is 0 Å². The highest BCUT2D eigenvalue weighted by atomic mass is 15.1. The molecule has 0 amide bonds. The van der Waals surface area contributed by atoms with Gasteiger partial charge in [-0.3, -0.25) is 0 Å². The van der Waals surface area contributed by atoms with E-state index in [0.717, 1.165) is 34.0 Å². The summed E-state index contributed by atoms with van der Waals surface area (Å²) in [6, 6.07) is 93.9. The summed E-state index contributed by atoms with van der Waals surface area (Å²) >= 11 is 0. The topological polar surface area (TPSA) is 16.3 Å². The third-order valence-electron chi connectivity index (χ3n) is 16.1. The van der Waals surface area contributed by atoms with Gasteiger partial charge in [0.05, 0.1) is 22.1 Å². The minimum Gasteiger partial charge on any atom is -0.345 e. The molecule has 13 aromatic rings. The molecular weight excluding hydrogens is 909 g/mol. The number of hydrogen-bond acceptors (Lipinski definition) is 2. The van der Waals surface area contributed by atoms with Gasteiger partial charge in [-0.25, -0.2) is 0 Å². The lowest BCUT2D eigenvalue weighted by molar-refractivity contribution is 0.660. The van der Waals surface area contributed by atoms with Gasteiger partial charge in [-0.15, -0.1) is 0 Å². The van der Waals surface area contributed by atoms with Crippen LogP contribution < -0.4 is 9.80 Å². The Kier molecular flexibility index (Phi) is 10.3. The second-order valence-corrected chi connectivity index (χ2v) is 20.7. The quantitative estimate of drug-likeness (QED) is 0.143. The molecule has 0 N–H and O–H groups in total. The highest BCUT2D eigenvalue weighted by molar-refractivity contribution is 6.12. The van der Waals surface area contributed by atoms with Gasteiger partial charge in [0, 0.05) is 75.2 Å². The molecular formula is C71H54N4. The van der Waals surface area contributed by atoms with Crippen LogP contribution in [0, 0.1) is 0 Å². The summed E-state index contributed by atoms with van der Waals surface area (Å²) in [6.07, 6.45) is 0. The lowest BCUT2D eigenvalue weighted by Crippen LogP contribution is -2.15. The van der Waals surface area contributed by atoms with Crippen LogP contribution in [0.5, 0.6) is 0 Å². The lowest BCUT2D eigenvalue weighted by atomic mass is 9.82. The van der Waals surface area contributed by atoms with Crippen LogP contribution in [-0.2, 0) is 5.41 Å². The second-order valence-electron chi connectivity index (χ2n) is 20.7. The molecule has 0 saturated carbocycles. The van der Waals surface area contributed by atoms with Gasteiger partial charge in [0.1, 0.15) is 0 Å². The van der Waals surface area contributed by atoms with Gasteiger partial charge in [0.15, 0.2) is 0 Å². The number of anilines is 4. The molecule has 0 bridgehead atoms. The van der Waals surface area contributed by atoms with Crippen molar-refractivity contribution >= 4 is 66.4 Å². The summed E-state index contributed by atoms with van der Waals surface area (Å²) in [5.74, 6) is 0. The number of aromatic nitrogens is 2. The Morgan fingerprint density at radius 2 is 0.773 bits per heavy atom. The van der Waals surface area contributed by atoms with Crippen LogP contribution >= 0.6 is 0 Å². The molecule has 2 heterocycles. The zero-order chi connectivity index (χ0) is 50.4.